The van der Waals surface area contributed by atoms with Crippen molar-refractivity contribution in [2.24, 2.45) is 5.41 Å². The molecule has 0 atom stereocenters. The third kappa shape index (κ3) is 5.33. The molecule has 0 aliphatic carbocycles. The number of methoxy groups -OCH3 is 1. The Morgan fingerprint density at radius 2 is 1.62 bits per heavy atom. The second-order valence-electron chi connectivity index (χ2n) is 7.23. The molecule has 1 aliphatic rings. The van der Waals surface area contributed by atoms with Gasteiger partial charge in [-0.1, -0.05) is 32.9 Å². The van der Waals surface area contributed by atoms with E-state index in [2.05, 4.69) is 54.8 Å². The van der Waals surface area contributed by atoms with Crippen molar-refractivity contribution in [3.05, 3.63) is 29.8 Å². The molecular weight excluding hydrogens is 260 g/mol. The van der Waals surface area contributed by atoms with Crippen LogP contribution < -0.4 is 4.90 Å². The third-order valence-electron chi connectivity index (χ3n) is 4.02. The topological polar surface area (TPSA) is 15.7 Å². The highest BCUT2D eigenvalue weighted by atomic mass is 16.5. The second-order valence-corrected chi connectivity index (χ2v) is 7.23. The molecule has 2 rings (SSSR count). The Hall–Kier alpha value is -1.06. The average molecular weight is 290 g/mol. The van der Waals surface area contributed by atoms with Gasteiger partial charge >= 0.3 is 0 Å². The van der Waals surface area contributed by atoms with Crippen molar-refractivity contribution in [2.75, 3.05) is 51.3 Å². The molecule has 1 fully saturated rings. The maximum absolute atomic E-state index is 5.15. The van der Waals surface area contributed by atoms with E-state index in [1.54, 1.807) is 7.11 Å². The van der Waals surface area contributed by atoms with Crippen LogP contribution in [0.4, 0.5) is 5.69 Å². The molecule has 118 valence electrons. The van der Waals surface area contributed by atoms with Gasteiger partial charge in [0, 0.05) is 45.5 Å². The van der Waals surface area contributed by atoms with Gasteiger partial charge < -0.3 is 9.64 Å². The summed E-state index contributed by atoms with van der Waals surface area (Å²) in [5.41, 5.74) is 3.15. The standard InChI is InChI=1S/C18H30N2O/c1-18(2,3)15-16-5-7-17(8-6-16)20-11-9-19(10-12-20)13-14-21-4/h5-8H,9-15H2,1-4H3. The number of nitrogens with zero attached hydrogens (tertiary/aromatic N) is 2. The molecule has 1 aliphatic heterocycles. The molecule has 3 nitrogen and oxygen atoms in total. The summed E-state index contributed by atoms with van der Waals surface area (Å²) in [6, 6.07) is 9.15. The minimum Gasteiger partial charge on any atom is -0.383 e. The smallest absolute Gasteiger partial charge is 0.0589 e. The van der Waals surface area contributed by atoms with E-state index in [0.717, 1.165) is 45.8 Å². The number of anilines is 1. The number of benzene rings is 1. The van der Waals surface area contributed by atoms with Crippen molar-refractivity contribution in [3.8, 4) is 0 Å². The van der Waals surface area contributed by atoms with Crippen LogP contribution >= 0.6 is 0 Å². The highest BCUT2D eigenvalue weighted by molar-refractivity contribution is 5.48. The van der Waals surface area contributed by atoms with Crippen molar-refractivity contribution in [2.45, 2.75) is 27.2 Å². The van der Waals surface area contributed by atoms with Crippen molar-refractivity contribution >= 4 is 5.69 Å². The Bertz CT molecular complexity index is 414. The predicted molar refractivity (Wildman–Crippen MR) is 90.1 cm³/mol. The minimum atomic E-state index is 0.356. The van der Waals surface area contributed by atoms with Crippen LogP contribution in [0.5, 0.6) is 0 Å². The summed E-state index contributed by atoms with van der Waals surface area (Å²) in [7, 11) is 1.77. The van der Waals surface area contributed by atoms with Gasteiger partial charge in [0.05, 0.1) is 6.61 Å². The van der Waals surface area contributed by atoms with Gasteiger partial charge in [-0.05, 0) is 29.5 Å². The summed E-state index contributed by atoms with van der Waals surface area (Å²) in [4.78, 5) is 4.97. The Morgan fingerprint density at radius 3 is 2.14 bits per heavy atom. The van der Waals surface area contributed by atoms with Crippen LogP contribution in [-0.2, 0) is 11.2 Å². The average Bonchev–Trinajstić information content (AvgIpc) is 2.45. The van der Waals surface area contributed by atoms with Crippen LogP contribution in [-0.4, -0.2) is 51.3 Å². The maximum Gasteiger partial charge on any atom is 0.0589 e. The van der Waals surface area contributed by atoms with Gasteiger partial charge in [0.2, 0.25) is 0 Å². The van der Waals surface area contributed by atoms with E-state index in [1.165, 1.54) is 11.3 Å². The Morgan fingerprint density at radius 1 is 1.00 bits per heavy atom. The van der Waals surface area contributed by atoms with Crippen LogP contribution in [0.2, 0.25) is 0 Å². The molecule has 0 N–H and O–H groups in total. The molecule has 0 radical (unpaired) electrons. The van der Waals surface area contributed by atoms with E-state index < -0.39 is 0 Å². The number of hydrogen-bond donors (Lipinski definition) is 0. The molecular formula is C18H30N2O. The van der Waals surface area contributed by atoms with Gasteiger partial charge in [0.25, 0.3) is 0 Å². The SMILES string of the molecule is COCCN1CCN(c2ccc(CC(C)(C)C)cc2)CC1. The molecule has 0 unspecified atom stereocenters. The number of rotatable bonds is 5. The first-order valence-corrected chi connectivity index (χ1v) is 8.03. The zero-order chi connectivity index (χ0) is 15.3. The number of piperazine rings is 1. The van der Waals surface area contributed by atoms with Crippen LogP contribution in [0.1, 0.15) is 26.3 Å². The highest BCUT2D eigenvalue weighted by Crippen LogP contribution is 2.23. The lowest BCUT2D eigenvalue weighted by atomic mass is 9.88. The molecule has 0 aromatic heterocycles. The summed E-state index contributed by atoms with van der Waals surface area (Å²) in [5, 5.41) is 0. The fourth-order valence-corrected chi connectivity index (χ4v) is 2.89. The lowest BCUT2D eigenvalue weighted by Crippen LogP contribution is -2.47. The number of hydrogen-bond acceptors (Lipinski definition) is 3. The predicted octanol–water partition coefficient (Wildman–Crippen LogP) is 3.04. The minimum absolute atomic E-state index is 0.356. The van der Waals surface area contributed by atoms with E-state index >= 15 is 0 Å². The fourth-order valence-electron chi connectivity index (χ4n) is 2.89. The van der Waals surface area contributed by atoms with E-state index in [4.69, 9.17) is 4.74 Å². The highest BCUT2D eigenvalue weighted by Gasteiger charge is 2.17. The van der Waals surface area contributed by atoms with Gasteiger partial charge in [-0.25, -0.2) is 0 Å². The Labute approximate surface area is 129 Å². The van der Waals surface area contributed by atoms with E-state index in [1.807, 2.05) is 0 Å². The van der Waals surface area contributed by atoms with E-state index in [0.29, 0.717) is 5.41 Å². The Balaban J connectivity index is 1.86. The molecule has 3 heteroatoms. The monoisotopic (exact) mass is 290 g/mol. The normalized spacial score (nSPS) is 17.2. The van der Waals surface area contributed by atoms with Crippen LogP contribution in [0.25, 0.3) is 0 Å². The molecule has 1 saturated heterocycles. The molecule has 1 heterocycles. The first-order valence-electron chi connectivity index (χ1n) is 8.03. The molecule has 1 aromatic carbocycles. The van der Waals surface area contributed by atoms with E-state index in [-0.39, 0.29) is 0 Å². The van der Waals surface area contributed by atoms with Crippen LogP contribution in [0.3, 0.4) is 0 Å². The summed E-state index contributed by atoms with van der Waals surface area (Å²) in [5.74, 6) is 0. The van der Waals surface area contributed by atoms with Crippen molar-refractivity contribution in [1.82, 2.24) is 4.90 Å². The van der Waals surface area contributed by atoms with Gasteiger partial charge in [-0.15, -0.1) is 0 Å². The van der Waals surface area contributed by atoms with Crippen molar-refractivity contribution in [3.63, 3.8) is 0 Å². The van der Waals surface area contributed by atoms with Crippen molar-refractivity contribution in [1.29, 1.82) is 0 Å². The summed E-state index contributed by atoms with van der Waals surface area (Å²) in [6.07, 6.45) is 1.14. The summed E-state index contributed by atoms with van der Waals surface area (Å²) >= 11 is 0. The van der Waals surface area contributed by atoms with Crippen molar-refractivity contribution < 1.29 is 4.74 Å². The quantitative estimate of drug-likeness (QED) is 0.829. The lowest BCUT2D eigenvalue weighted by molar-refractivity contribution is 0.144. The second kappa shape index (κ2) is 7.28. The molecule has 21 heavy (non-hydrogen) atoms. The summed E-state index contributed by atoms with van der Waals surface area (Å²) < 4.78 is 5.15. The first kappa shape index (κ1) is 16.3. The summed E-state index contributed by atoms with van der Waals surface area (Å²) in [6.45, 7) is 13.3. The van der Waals surface area contributed by atoms with Gasteiger partial charge in [-0.3, -0.25) is 4.90 Å². The maximum atomic E-state index is 5.15. The molecule has 0 spiro atoms. The number of ether oxygens (including phenoxy) is 1. The lowest BCUT2D eigenvalue weighted by Gasteiger charge is -2.36. The van der Waals surface area contributed by atoms with Crippen LogP contribution in [0.15, 0.2) is 24.3 Å². The third-order valence-corrected chi connectivity index (χ3v) is 4.02. The molecule has 0 bridgehead atoms. The van der Waals surface area contributed by atoms with Gasteiger partial charge in [-0.2, -0.15) is 0 Å². The molecule has 1 aromatic rings. The van der Waals surface area contributed by atoms with Gasteiger partial charge in [0.1, 0.15) is 0 Å². The van der Waals surface area contributed by atoms with E-state index in [9.17, 15) is 0 Å². The zero-order valence-electron chi connectivity index (χ0n) is 14.1. The molecule has 0 saturated carbocycles. The largest absolute Gasteiger partial charge is 0.383 e. The molecule has 0 amide bonds. The van der Waals surface area contributed by atoms with Gasteiger partial charge in [0.15, 0.2) is 0 Å². The first-order chi connectivity index (χ1) is 9.98. The Kier molecular flexibility index (Phi) is 5.65. The zero-order valence-corrected chi connectivity index (χ0v) is 14.1. The fraction of sp³-hybridized carbons (Fsp3) is 0.667. The van der Waals surface area contributed by atoms with Crippen LogP contribution in [0, 0.1) is 5.41 Å².